The van der Waals surface area contributed by atoms with E-state index in [-0.39, 0.29) is 21.7 Å². The maximum atomic E-state index is 11.8. The van der Waals surface area contributed by atoms with Gasteiger partial charge < -0.3 is 11.1 Å². The first-order valence-corrected chi connectivity index (χ1v) is 7.11. The number of nitrogens with two attached hydrogens (primary N) is 1. The van der Waals surface area contributed by atoms with Gasteiger partial charge in [0.1, 0.15) is 0 Å². The van der Waals surface area contributed by atoms with Crippen LogP contribution in [0.15, 0.2) is 17.3 Å². The van der Waals surface area contributed by atoms with Crippen molar-refractivity contribution in [3.05, 3.63) is 22.2 Å². The van der Waals surface area contributed by atoms with Gasteiger partial charge in [-0.05, 0) is 22.6 Å². The molecule has 2 aromatic rings. The third-order valence-corrected chi connectivity index (χ3v) is 3.85. The Kier molecular flexibility index (Phi) is 4.69. The Hall–Kier alpha value is -1.51. The summed E-state index contributed by atoms with van der Waals surface area (Å²) in [6, 6.07) is 3.03. The molecule has 7 nitrogen and oxygen atoms in total. The Morgan fingerprint density at radius 1 is 1.45 bits per heavy atom. The van der Waals surface area contributed by atoms with E-state index in [4.69, 9.17) is 28.9 Å². The number of tetrazole rings is 1. The molecule has 0 spiro atoms. The number of nitrogens with one attached hydrogen (secondary N) is 1. The van der Waals surface area contributed by atoms with Crippen LogP contribution in [0.4, 0.5) is 11.4 Å². The lowest BCUT2D eigenvalue weighted by Crippen LogP contribution is -2.15. The van der Waals surface area contributed by atoms with Crippen molar-refractivity contribution in [3.8, 4) is 0 Å². The van der Waals surface area contributed by atoms with E-state index >= 15 is 0 Å². The summed E-state index contributed by atoms with van der Waals surface area (Å²) in [7, 11) is 1.69. The Morgan fingerprint density at radius 2 is 2.10 bits per heavy atom. The molecule has 0 saturated carbocycles. The van der Waals surface area contributed by atoms with Gasteiger partial charge >= 0.3 is 0 Å². The number of hydrogen-bond acceptors (Lipinski definition) is 6. The van der Waals surface area contributed by atoms with Crippen LogP contribution < -0.4 is 11.1 Å². The average Bonchev–Trinajstić information content (AvgIpc) is 2.77. The van der Waals surface area contributed by atoms with Gasteiger partial charge in [-0.15, -0.1) is 5.10 Å². The molecule has 1 heterocycles. The SMILES string of the molecule is Cn1nnnc1SCC(=O)Nc1c(Cl)cc(N)cc1Cl. The monoisotopic (exact) mass is 332 g/mol. The molecule has 0 fully saturated rings. The molecular weight excluding hydrogens is 323 g/mol. The number of thioether (sulfide) groups is 1. The summed E-state index contributed by atoms with van der Waals surface area (Å²) >= 11 is 13.2. The van der Waals surface area contributed by atoms with Gasteiger partial charge in [-0.2, -0.15) is 0 Å². The molecule has 0 atom stereocenters. The number of halogens is 2. The summed E-state index contributed by atoms with van der Waals surface area (Å²) in [5, 5.41) is 14.6. The fourth-order valence-corrected chi connectivity index (χ4v) is 2.61. The summed E-state index contributed by atoms with van der Waals surface area (Å²) in [6.07, 6.45) is 0. The quantitative estimate of drug-likeness (QED) is 0.654. The minimum absolute atomic E-state index is 0.130. The molecule has 1 amide bonds. The van der Waals surface area contributed by atoms with Gasteiger partial charge in [0, 0.05) is 12.7 Å². The molecule has 3 N–H and O–H groups in total. The third kappa shape index (κ3) is 3.53. The lowest BCUT2D eigenvalue weighted by molar-refractivity contribution is -0.113. The fraction of sp³-hybridized carbons (Fsp3) is 0.200. The third-order valence-electron chi connectivity index (χ3n) is 2.24. The maximum Gasteiger partial charge on any atom is 0.234 e. The topological polar surface area (TPSA) is 98.7 Å². The van der Waals surface area contributed by atoms with Crippen LogP contribution in [0.1, 0.15) is 0 Å². The summed E-state index contributed by atoms with van der Waals surface area (Å²) in [5.74, 6) is -0.141. The summed E-state index contributed by atoms with van der Waals surface area (Å²) in [5.41, 5.74) is 6.35. The Balaban J connectivity index is 2.00. The smallest absolute Gasteiger partial charge is 0.234 e. The molecule has 20 heavy (non-hydrogen) atoms. The summed E-state index contributed by atoms with van der Waals surface area (Å²) in [4.78, 5) is 11.8. The van der Waals surface area contributed by atoms with Crippen molar-refractivity contribution in [2.24, 2.45) is 7.05 Å². The predicted octanol–water partition coefficient (Wildman–Crippen LogP) is 1.83. The molecule has 1 aromatic heterocycles. The highest BCUT2D eigenvalue weighted by molar-refractivity contribution is 7.99. The van der Waals surface area contributed by atoms with Crippen LogP contribution >= 0.6 is 35.0 Å². The Bertz CT molecular complexity index is 623. The molecule has 0 saturated heterocycles. The number of nitrogens with zero attached hydrogens (tertiary/aromatic N) is 4. The molecule has 0 aliphatic heterocycles. The molecule has 0 unspecified atom stereocenters. The largest absolute Gasteiger partial charge is 0.399 e. The lowest BCUT2D eigenvalue weighted by atomic mass is 10.3. The second kappa shape index (κ2) is 6.29. The minimum atomic E-state index is -0.272. The first-order chi connectivity index (χ1) is 9.47. The number of rotatable bonds is 4. The first-order valence-electron chi connectivity index (χ1n) is 5.37. The highest BCUT2D eigenvalue weighted by atomic mass is 35.5. The fourth-order valence-electron chi connectivity index (χ4n) is 1.36. The molecule has 0 radical (unpaired) electrons. The first kappa shape index (κ1) is 14.9. The van der Waals surface area contributed by atoms with E-state index in [1.807, 2.05) is 0 Å². The number of carbonyl (C=O) groups is 1. The molecule has 2 rings (SSSR count). The molecule has 10 heteroatoms. The number of aromatic nitrogens is 4. The molecule has 0 bridgehead atoms. The number of nitrogen functional groups attached to an aromatic ring is 1. The molecular formula is C10H10Cl2N6OS. The van der Waals surface area contributed by atoms with E-state index in [1.165, 1.54) is 28.6 Å². The minimum Gasteiger partial charge on any atom is -0.399 e. The second-order valence-corrected chi connectivity index (χ2v) is 5.54. The van der Waals surface area contributed by atoms with Crippen molar-refractivity contribution in [1.29, 1.82) is 0 Å². The van der Waals surface area contributed by atoms with Gasteiger partial charge in [0.05, 0.1) is 21.5 Å². The van der Waals surface area contributed by atoms with Crippen LogP contribution in [0, 0.1) is 0 Å². The second-order valence-electron chi connectivity index (χ2n) is 3.78. The average molecular weight is 333 g/mol. The van der Waals surface area contributed by atoms with Gasteiger partial charge in [-0.1, -0.05) is 35.0 Å². The van der Waals surface area contributed by atoms with Crippen molar-refractivity contribution < 1.29 is 4.79 Å². The molecule has 0 aliphatic carbocycles. The van der Waals surface area contributed by atoms with Crippen molar-refractivity contribution in [1.82, 2.24) is 20.2 Å². The number of anilines is 2. The zero-order valence-electron chi connectivity index (χ0n) is 10.3. The van der Waals surface area contributed by atoms with Crippen LogP contribution in [0.25, 0.3) is 0 Å². The number of aryl methyl sites for hydroxylation is 1. The van der Waals surface area contributed by atoms with E-state index < -0.39 is 0 Å². The highest BCUT2D eigenvalue weighted by Gasteiger charge is 2.12. The van der Waals surface area contributed by atoms with Gasteiger partial charge in [-0.3, -0.25) is 4.79 Å². The zero-order valence-corrected chi connectivity index (χ0v) is 12.6. The lowest BCUT2D eigenvalue weighted by Gasteiger charge is -2.09. The van der Waals surface area contributed by atoms with Crippen molar-refractivity contribution in [3.63, 3.8) is 0 Å². The molecule has 0 aliphatic rings. The number of carbonyl (C=O) groups excluding carboxylic acids is 1. The Morgan fingerprint density at radius 3 is 2.65 bits per heavy atom. The van der Waals surface area contributed by atoms with Crippen LogP contribution in [-0.4, -0.2) is 31.9 Å². The van der Waals surface area contributed by atoms with E-state index in [9.17, 15) is 4.79 Å². The predicted molar refractivity (Wildman–Crippen MR) is 79.0 cm³/mol. The maximum absolute atomic E-state index is 11.8. The highest BCUT2D eigenvalue weighted by Crippen LogP contribution is 2.32. The standard InChI is InChI=1S/C10H10Cl2N6OS/c1-18-10(15-16-17-18)20-4-8(19)14-9-6(11)2-5(13)3-7(9)12/h2-3H,4,13H2,1H3,(H,14,19). The van der Waals surface area contributed by atoms with E-state index in [2.05, 4.69) is 20.8 Å². The van der Waals surface area contributed by atoms with Gasteiger partial charge in [0.25, 0.3) is 0 Å². The molecule has 106 valence electrons. The Labute approximate surface area is 128 Å². The van der Waals surface area contributed by atoms with Crippen molar-refractivity contribution >= 4 is 52.2 Å². The van der Waals surface area contributed by atoms with E-state index in [0.29, 0.717) is 16.5 Å². The van der Waals surface area contributed by atoms with Gasteiger partial charge in [0.2, 0.25) is 11.1 Å². The number of amides is 1. The zero-order chi connectivity index (χ0) is 14.7. The summed E-state index contributed by atoms with van der Waals surface area (Å²) < 4.78 is 1.47. The number of hydrogen-bond donors (Lipinski definition) is 2. The van der Waals surface area contributed by atoms with Crippen molar-refractivity contribution in [2.75, 3.05) is 16.8 Å². The number of benzene rings is 1. The molecule has 1 aromatic carbocycles. The van der Waals surface area contributed by atoms with E-state index in [0.717, 1.165) is 0 Å². The van der Waals surface area contributed by atoms with Gasteiger partial charge in [-0.25, -0.2) is 4.68 Å². The van der Waals surface area contributed by atoms with Crippen LogP contribution in [0.2, 0.25) is 10.0 Å². The van der Waals surface area contributed by atoms with Crippen LogP contribution in [0.5, 0.6) is 0 Å². The van der Waals surface area contributed by atoms with Crippen LogP contribution in [-0.2, 0) is 11.8 Å². The normalized spacial score (nSPS) is 10.6. The van der Waals surface area contributed by atoms with Crippen molar-refractivity contribution in [2.45, 2.75) is 5.16 Å². The van der Waals surface area contributed by atoms with E-state index in [1.54, 1.807) is 7.05 Å². The van der Waals surface area contributed by atoms with Crippen LogP contribution in [0.3, 0.4) is 0 Å². The van der Waals surface area contributed by atoms with Gasteiger partial charge in [0.15, 0.2) is 0 Å². The summed E-state index contributed by atoms with van der Waals surface area (Å²) in [6.45, 7) is 0.